The summed E-state index contributed by atoms with van der Waals surface area (Å²) in [6.07, 6.45) is -4.39. The molecule has 5 atom stereocenters. The summed E-state index contributed by atoms with van der Waals surface area (Å²) in [5.41, 5.74) is 0. The Labute approximate surface area is 218 Å². The Morgan fingerprint density at radius 3 is 2.05 bits per heavy atom. The van der Waals surface area contributed by atoms with Crippen LogP contribution in [0.4, 0.5) is 0 Å². The summed E-state index contributed by atoms with van der Waals surface area (Å²) in [5.74, 6) is -4.54. The van der Waals surface area contributed by atoms with Gasteiger partial charge in [0.05, 0.1) is 0 Å². The molecule has 1 N–H and O–H groups in total. The van der Waals surface area contributed by atoms with E-state index in [1.54, 1.807) is 0 Å². The number of rotatable bonds is 12. The van der Waals surface area contributed by atoms with Gasteiger partial charge in [0.1, 0.15) is 18.8 Å². The molecule has 2 saturated heterocycles. The number of imide groups is 1. The van der Waals surface area contributed by atoms with Crippen molar-refractivity contribution in [3.8, 4) is 0 Å². The van der Waals surface area contributed by atoms with Gasteiger partial charge in [-0.05, 0) is 12.8 Å². The SMILES string of the molecule is CC(=O)N[C@H]1[C@H](OCCCCC(=O)ON2C(=O)CCC2=O)O[C@H](COC(C)=O)[C@H](OC(C)=O)[C@@H]1OC(C)=O. The van der Waals surface area contributed by atoms with Gasteiger partial charge in [0, 0.05) is 53.6 Å². The molecule has 38 heavy (non-hydrogen) atoms. The molecule has 2 aliphatic rings. The molecule has 0 radical (unpaired) electrons. The third kappa shape index (κ3) is 9.37. The molecule has 2 fully saturated rings. The molecule has 2 rings (SSSR count). The van der Waals surface area contributed by atoms with Crippen LogP contribution in [0.15, 0.2) is 0 Å². The number of hydrogen-bond donors (Lipinski definition) is 1. The minimum absolute atomic E-state index is 0.000909. The van der Waals surface area contributed by atoms with Gasteiger partial charge in [-0.1, -0.05) is 0 Å². The molecule has 0 aromatic rings. The monoisotopic (exact) mass is 544 g/mol. The Kier molecular flexibility index (Phi) is 11.6. The van der Waals surface area contributed by atoms with E-state index in [1.807, 2.05) is 0 Å². The summed E-state index contributed by atoms with van der Waals surface area (Å²) in [4.78, 5) is 86.7. The van der Waals surface area contributed by atoms with Gasteiger partial charge in [-0.25, -0.2) is 4.79 Å². The third-order valence-corrected chi connectivity index (χ3v) is 5.33. The zero-order chi connectivity index (χ0) is 28.4. The molecule has 0 aromatic heterocycles. The van der Waals surface area contributed by atoms with Crippen molar-refractivity contribution in [2.75, 3.05) is 13.2 Å². The number of nitrogens with zero attached hydrogens (tertiary/aromatic N) is 1. The lowest BCUT2D eigenvalue weighted by Gasteiger charge is -2.44. The predicted molar refractivity (Wildman–Crippen MR) is 121 cm³/mol. The molecule has 0 bridgehead atoms. The molecule has 0 aliphatic carbocycles. The van der Waals surface area contributed by atoms with Gasteiger partial charge in [0.15, 0.2) is 18.5 Å². The summed E-state index contributed by atoms with van der Waals surface area (Å²) in [6.45, 7) is 4.28. The zero-order valence-corrected chi connectivity index (χ0v) is 21.6. The Bertz CT molecular complexity index is 920. The van der Waals surface area contributed by atoms with E-state index in [9.17, 15) is 33.6 Å². The molecule has 212 valence electrons. The van der Waals surface area contributed by atoms with Crippen molar-refractivity contribution in [2.24, 2.45) is 0 Å². The van der Waals surface area contributed by atoms with E-state index in [0.29, 0.717) is 11.5 Å². The second-order valence-electron chi connectivity index (χ2n) is 8.59. The standard InChI is InChI=1S/C23H32N2O13/c1-12(26)24-20-22(36-15(4)29)21(35-14(3)28)16(11-34-13(2)27)37-23(20)33-10-6-5-7-19(32)38-25-17(30)8-9-18(25)31/h16,20-23H,5-11H2,1-4H3,(H,24,26)/t16-,20-,21+,22-,23-/m1/s1. The summed E-state index contributed by atoms with van der Waals surface area (Å²) in [7, 11) is 0. The van der Waals surface area contributed by atoms with Gasteiger partial charge in [0.25, 0.3) is 11.8 Å². The molecule has 15 nitrogen and oxygen atoms in total. The maximum Gasteiger partial charge on any atom is 0.333 e. The minimum atomic E-state index is -1.25. The van der Waals surface area contributed by atoms with Crippen LogP contribution in [-0.4, -0.2) is 90.5 Å². The van der Waals surface area contributed by atoms with E-state index < -0.39 is 72.2 Å². The fraction of sp³-hybridized carbons (Fsp3) is 0.696. The largest absolute Gasteiger partial charge is 0.463 e. The second kappa shape index (κ2) is 14.4. The number of unbranched alkanes of at least 4 members (excludes halogenated alkanes) is 1. The maximum absolute atomic E-state index is 12.0. The highest BCUT2D eigenvalue weighted by Crippen LogP contribution is 2.28. The summed E-state index contributed by atoms with van der Waals surface area (Å²) in [5, 5.41) is 3.04. The van der Waals surface area contributed by atoms with Crippen molar-refractivity contribution in [1.82, 2.24) is 10.4 Å². The van der Waals surface area contributed by atoms with Crippen LogP contribution in [0.3, 0.4) is 0 Å². The van der Waals surface area contributed by atoms with Crippen molar-refractivity contribution >= 4 is 41.6 Å². The van der Waals surface area contributed by atoms with Gasteiger partial charge in [-0.2, -0.15) is 0 Å². The van der Waals surface area contributed by atoms with Crippen LogP contribution in [0, 0.1) is 0 Å². The van der Waals surface area contributed by atoms with E-state index in [1.165, 1.54) is 13.8 Å². The van der Waals surface area contributed by atoms with Gasteiger partial charge in [-0.15, -0.1) is 5.06 Å². The molecule has 15 heteroatoms. The lowest BCUT2D eigenvalue weighted by molar-refractivity contribution is -0.277. The third-order valence-electron chi connectivity index (χ3n) is 5.33. The number of nitrogens with one attached hydrogen (secondary N) is 1. The van der Waals surface area contributed by atoms with Gasteiger partial charge < -0.3 is 33.8 Å². The molecule has 2 heterocycles. The van der Waals surface area contributed by atoms with Gasteiger partial charge in [0.2, 0.25) is 5.91 Å². The number of carbonyl (C=O) groups excluding carboxylic acids is 7. The zero-order valence-electron chi connectivity index (χ0n) is 21.6. The Morgan fingerprint density at radius 2 is 1.50 bits per heavy atom. The van der Waals surface area contributed by atoms with Gasteiger partial charge in [-0.3, -0.25) is 28.8 Å². The van der Waals surface area contributed by atoms with Crippen LogP contribution in [0.1, 0.15) is 59.8 Å². The molecule has 0 unspecified atom stereocenters. The molecule has 2 aliphatic heterocycles. The summed E-state index contributed by atoms with van der Waals surface area (Å²) < 4.78 is 27.3. The van der Waals surface area contributed by atoms with Crippen LogP contribution < -0.4 is 5.32 Å². The minimum Gasteiger partial charge on any atom is -0.463 e. The lowest BCUT2D eigenvalue weighted by Crippen LogP contribution is -2.66. The first-order chi connectivity index (χ1) is 17.9. The van der Waals surface area contributed by atoms with Crippen LogP contribution >= 0.6 is 0 Å². The first-order valence-corrected chi connectivity index (χ1v) is 12.0. The average Bonchev–Trinajstić information content (AvgIpc) is 3.12. The molecule has 3 amide bonds. The van der Waals surface area contributed by atoms with Crippen LogP contribution in [0.5, 0.6) is 0 Å². The molecular formula is C23H32N2O13. The topological polar surface area (TPSA) is 190 Å². The van der Waals surface area contributed by atoms with E-state index >= 15 is 0 Å². The Balaban J connectivity index is 2.05. The predicted octanol–water partition coefficient (Wildman–Crippen LogP) is -0.563. The fourth-order valence-electron chi connectivity index (χ4n) is 3.81. The van der Waals surface area contributed by atoms with E-state index in [2.05, 4.69) is 5.32 Å². The average molecular weight is 545 g/mol. The second-order valence-corrected chi connectivity index (χ2v) is 8.59. The number of hydrogen-bond acceptors (Lipinski definition) is 13. The first-order valence-electron chi connectivity index (χ1n) is 12.0. The Morgan fingerprint density at radius 1 is 0.895 bits per heavy atom. The van der Waals surface area contributed by atoms with Crippen molar-refractivity contribution in [2.45, 2.75) is 90.4 Å². The molecular weight excluding hydrogens is 512 g/mol. The van der Waals surface area contributed by atoms with Crippen molar-refractivity contribution < 1.29 is 62.1 Å². The fourth-order valence-corrected chi connectivity index (χ4v) is 3.81. The van der Waals surface area contributed by atoms with Gasteiger partial charge >= 0.3 is 23.9 Å². The van der Waals surface area contributed by atoms with Crippen LogP contribution in [0.2, 0.25) is 0 Å². The number of amides is 3. The summed E-state index contributed by atoms with van der Waals surface area (Å²) >= 11 is 0. The van der Waals surface area contributed by atoms with E-state index in [4.69, 9.17) is 28.5 Å². The molecule has 0 aromatic carbocycles. The number of ether oxygens (including phenoxy) is 5. The smallest absolute Gasteiger partial charge is 0.333 e. The number of hydroxylamine groups is 2. The lowest BCUT2D eigenvalue weighted by atomic mass is 9.96. The molecule has 0 saturated carbocycles. The number of esters is 3. The van der Waals surface area contributed by atoms with Crippen LogP contribution in [0.25, 0.3) is 0 Å². The maximum atomic E-state index is 12.0. The number of carbonyl (C=O) groups is 7. The normalized spacial score (nSPS) is 24.9. The summed E-state index contributed by atoms with van der Waals surface area (Å²) in [6, 6.07) is -1.11. The van der Waals surface area contributed by atoms with Crippen LogP contribution in [-0.2, 0) is 62.1 Å². The van der Waals surface area contributed by atoms with Crippen molar-refractivity contribution in [3.05, 3.63) is 0 Å². The van der Waals surface area contributed by atoms with E-state index in [0.717, 1.165) is 13.8 Å². The molecule has 0 spiro atoms. The highest BCUT2D eigenvalue weighted by molar-refractivity contribution is 6.01. The van der Waals surface area contributed by atoms with E-state index in [-0.39, 0.29) is 38.9 Å². The van der Waals surface area contributed by atoms with Crippen molar-refractivity contribution in [1.29, 1.82) is 0 Å². The first kappa shape index (κ1) is 30.6. The highest BCUT2D eigenvalue weighted by atomic mass is 16.7. The highest BCUT2D eigenvalue weighted by Gasteiger charge is 2.51. The van der Waals surface area contributed by atoms with Crippen molar-refractivity contribution in [3.63, 3.8) is 0 Å². The quantitative estimate of drug-likeness (QED) is 0.142. The Hall–Kier alpha value is -3.59.